The fraction of sp³-hybridized carbons (Fsp3) is 0.250. The third kappa shape index (κ3) is 3.91. The van der Waals surface area contributed by atoms with E-state index in [1.807, 2.05) is 49.7 Å². The molecule has 3 heterocycles. The Morgan fingerprint density at radius 2 is 1.90 bits per heavy atom. The van der Waals surface area contributed by atoms with Gasteiger partial charge in [0, 0.05) is 15.3 Å². The number of aliphatic hydroxyl groups excluding tert-OH is 1. The summed E-state index contributed by atoms with van der Waals surface area (Å²) in [6, 6.07) is 10.5. The second kappa shape index (κ2) is 8.69. The summed E-state index contributed by atoms with van der Waals surface area (Å²) in [5.74, 6) is -0.673. The smallest absolute Gasteiger partial charge is 0.296 e. The van der Waals surface area contributed by atoms with Crippen molar-refractivity contribution in [3.05, 3.63) is 79.2 Å². The quantitative estimate of drug-likeness (QED) is 0.306. The Morgan fingerprint density at radius 3 is 2.52 bits per heavy atom. The highest BCUT2D eigenvalue weighted by molar-refractivity contribution is 7.10. The molecule has 1 aliphatic heterocycles. The molecule has 31 heavy (non-hydrogen) atoms. The number of carbonyl (C=O) groups excluding carboxylic acids is 2. The van der Waals surface area contributed by atoms with Crippen molar-refractivity contribution in [2.45, 2.75) is 33.4 Å². The molecule has 0 aliphatic carbocycles. The standard InChI is InChI=1S/C24H23NO4S2/c1-4-29-18-8-7-16(12-15(18)3)21(26)19-20(23-14(2)9-11-31-23)25(24(28)22(19)27)13-17-6-5-10-30-17/h5-12,20,26H,4,13H2,1-3H3/b21-19-. The number of ketones is 1. The van der Waals surface area contributed by atoms with Gasteiger partial charge in [0.2, 0.25) is 0 Å². The van der Waals surface area contributed by atoms with Crippen LogP contribution in [0.15, 0.2) is 52.7 Å². The molecule has 0 bridgehead atoms. The third-order valence-electron chi connectivity index (χ3n) is 5.34. The number of benzene rings is 1. The summed E-state index contributed by atoms with van der Waals surface area (Å²) in [4.78, 5) is 29.6. The summed E-state index contributed by atoms with van der Waals surface area (Å²) in [5.41, 5.74) is 2.47. The maximum absolute atomic E-state index is 13.1. The van der Waals surface area contributed by atoms with Crippen molar-refractivity contribution in [1.82, 2.24) is 4.90 Å². The predicted molar refractivity (Wildman–Crippen MR) is 124 cm³/mol. The highest BCUT2D eigenvalue weighted by Crippen LogP contribution is 2.43. The van der Waals surface area contributed by atoms with Gasteiger partial charge in [-0.25, -0.2) is 0 Å². The Hall–Kier alpha value is -2.90. The molecule has 3 aromatic rings. The average Bonchev–Trinajstić information content (AvgIpc) is 3.46. The summed E-state index contributed by atoms with van der Waals surface area (Å²) in [5, 5.41) is 15.1. The first-order valence-corrected chi connectivity index (χ1v) is 11.8. The molecule has 1 aromatic carbocycles. The number of aliphatic hydroxyl groups is 1. The number of hydrogen-bond acceptors (Lipinski definition) is 6. The molecule has 0 spiro atoms. The lowest BCUT2D eigenvalue weighted by molar-refractivity contribution is -0.140. The highest BCUT2D eigenvalue weighted by atomic mass is 32.1. The van der Waals surface area contributed by atoms with Crippen molar-refractivity contribution in [3.8, 4) is 5.75 Å². The Kier molecular flexibility index (Phi) is 5.98. The summed E-state index contributed by atoms with van der Waals surface area (Å²) >= 11 is 3.02. The van der Waals surface area contributed by atoms with E-state index in [-0.39, 0.29) is 11.3 Å². The number of rotatable bonds is 6. The SMILES string of the molecule is CCOc1ccc(/C(O)=C2/C(=O)C(=O)N(Cc3cccs3)C2c2sccc2C)cc1C. The molecule has 4 rings (SSSR count). The Labute approximate surface area is 189 Å². The average molecular weight is 454 g/mol. The van der Waals surface area contributed by atoms with Gasteiger partial charge in [0.05, 0.1) is 18.7 Å². The fourth-order valence-electron chi connectivity index (χ4n) is 3.82. The summed E-state index contributed by atoms with van der Waals surface area (Å²) < 4.78 is 5.58. The minimum atomic E-state index is -0.654. The van der Waals surface area contributed by atoms with Crippen LogP contribution >= 0.6 is 22.7 Å². The largest absolute Gasteiger partial charge is 0.507 e. The zero-order valence-corrected chi connectivity index (χ0v) is 19.2. The number of nitrogens with zero attached hydrogens (tertiary/aromatic N) is 1. The first kappa shape index (κ1) is 21.3. The lowest BCUT2D eigenvalue weighted by Crippen LogP contribution is -2.28. The van der Waals surface area contributed by atoms with Crippen molar-refractivity contribution < 1.29 is 19.4 Å². The number of thiophene rings is 2. The maximum Gasteiger partial charge on any atom is 0.296 e. The Bertz CT molecular complexity index is 1160. The van der Waals surface area contributed by atoms with Gasteiger partial charge in [-0.1, -0.05) is 6.07 Å². The molecule has 1 N–H and O–H groups in total. The van der Waals surface area contributed by atoms with E-state index in [0.29, 0.717) is 18.7 Å². The summed E-state index contributed by atoms with van der Waals surface area (Å²) in [6.45, 7) is 6.61. The number of carbonyl (C=O) groups is 2. The Morgan fingerprint density at radius 1 is 1.10 bits per heavy atom. The van der Waals surface area contributed by atoms with Crippen LogP contribution in [0, 0.1) is 13.8 Å². The van der Waals surface area contributed by atoms with Crippen molar-refractivity contribution in [2.24, 2.45) is 0 Å². The number of aryl methyl sites for hydroxylation is 2. The summed E-state index contributed by atoms with van der Waals surface area (Å²) in [6.07, 6.45) is 0. The first-order chi connectivity index (χ1) is 14.9. The minimum Gasteiger partial charge on any atom is -0.507 e. The van der Waals surface area contributed by atoms with Crippen molar-refractivity contribution in [1.29, 1.82) is 0 Å². The van der Waals surface area contributed by atoms with Crippen LogP contribution in [-0.4, -0.2) is 28.3 Å². The van der Waals surface area contributed by atoms with Gasteiger partial charge in [0.1, 0.15) is 17.6 Å². The molecule has 1 fully saturated rings. The molecule has 1 unspecified atom stereocenters. The van der Waals surface area contributed by atoms with Crippen LogP contribution < -0.4 is 4.74 Å². The zero-order chi connectivity index (χ0) is 22.1. The highest BCUT2D eigenvalue weighted by Gasteiger charge is 2.47. The normalized spacial score (nSPS) is 18.0. The monoisotopic (exact) mass is 453 g/mol. The lowest BCUT2D eigenvalue weighted by atomic mass is 9.97. The molecular formula is C24H23NO4S2. The number of Topliss-reactive ketones (excluding diaryl/α,β-unsaturated/α-hetero) is 1. The molecule has 160 valence electrons. The minimum absolute atomic E-state index is 0.135. The third-order valence-corrected chi connectivity index (χ3v) is 7.28. The van der Waals surface area contributed by atoms with Crippen LogP contribution in [-0.2, 0) is 16.1 Å². The Balaban J connectivity index is 1.84. The molecule has 7 heteroatoms. The maximum atomic E-state index is 13.1. The molecule has 2 aromatic heterocycles. The van der Waals surface area contributed by atoms with Crippen LogP contribution in [0.3, 0.4) is 0 Å². The number of ether oxygens (including phenoxy) is 1. The van der Waals surface area contributed by atoms with E-state index in [2.05, 4.69) is 0 Å². The number of likely N-dealkylation sites (tertiary alicyclic amines) is 1. The van der Waals surface area contributed by atoms with E-state index in [0.717, 1.165) is 26.6 Å². The fourth-order valence-corrected chi connectivity index (χ4v) is 5.57. The van der Waals surface area contributed by atoms with Gasteiger partial charge >= 0.3 is 0 Å². The van der Waals surface area contributed by atoms with Crippen molar-refractivity contribution in [3.63, 3.8) is 0 Å². The van der Waals surface area contributed by atoms with Crippen LogP contribution in [0.5, 0.6) is 5.75 Å². The molecular weight excluding hydrogens is 430 g/mol. The topological polar surface area (TPSA) is 66.8 Å². The molecule has 0 saturated carbocycles. The predicted octanol–water partition coefficient (Wildman–Crippen LogP) is 5.45. The van der Waals surface area contributed by atoms with E-state index in [1.54, 1.807) is 23.1 Å². The zero-order valence-electron chi connectivity index (χ0n) is 17.5. The van der Waals surface area contributed by atoms with Gasteiger partial charge in [0.25, 0.3) is 11.7 Å². The molecule has 1 saturated heterocycles. The van der Waals surface area contributed by atoms with Gasteiger partial charge in [-0.15, -0.1) is 22.7 Å². The molecule has 1 atom stereocenters. The number of hydrogen-bond donors (Lipinski definition) is 1. The first-order valence-electron chi connectivity index (χ1n) is 10.0. The van der Waals surface area contributed by atoms with Crippen LogP contribution in [0.1, 0.15) is 39.4 Å². The molecule has 5 nitrogen and oxygen atoms in total. The molecule has 1 amide bonds. The van der Waals surface area contributed by atoms with E-state index < -0.39 is 17.7 Å². The van der Waals surface area contributed by atoms with Gasteiger partial charge in [-0.2, -0.15) is 0 Å². The van der Waals surface area contributed by atoms with Crippen molar-refractivity contribution >= 4 is 40.1 Å². The lowest BCUT2D eigenvalue weighted by Gasteiger charge is -2.24. The second-order valence-electron chi connectivity index (χ2n) is 7.39. The van der Waals surface area contributed by atoms with E-state index in [9.17, 15) is 14.7 Å². The molecule has 1 aliphatic rings. The number of amides is 1. The van der Waals surface area contributed by atoms with Crippen LogP contribution in [0.2, 0.25) is 0 Å². The van der Waals surface area contributed by atoms with Gasteiger partial charge in [0.15, 0.2) is 0 Å². The van der Waals surface area contributed by atoms with Gasteiger partial charge in [-0.05, 0) is 73.0 Å². The van der Waals surface area contributed by atoms with Gasteiger partial charge in [-0.3, -0.25) is 9.59 Å². The van der Waals surface area contributed by atoms with E-state index in [1.165, 1.54) is 22.7 Å². The van der Waals surface area contributed by atoms with E-state index >= 15 is 0 Å². The van der Waals surface area contributed by atoms with Crippen LogP contribution in [0.4, 0.5) is 0 Å². The summed E-state index contributed by atoms with van der Waals surface area (Å²) in [7, 11) is 0. The van der Waals surface area contributed by atoms with Crippen molar-refractivity contribution in [2.75, 3.05) is 6.61 Å². The van der Waals surface area contributed by atoms with Gasteiger partial charge < -0.3 is 14.7 Å². The van der Waals surface area contributed by atoms with E-state index in [4.69, 9.17) is 4.74 Å². The molecule has 0 radical (unpaired) electrons. The van der Waals surface area contributed by atoms with Crippen LogP contribution in [0.25, 0.3) is 5.76 Å². The second-order valence-corrected chi connectivity index (χ2v) is 9.37.